The van der Waals surface area contributed by atoms with E-state index < -0.39 is 0 Å². The molecule has 45 heavy (non-hydrogen) atoms. The minimum Gasteiger partial charge on any atom is -0.454 e. The van der Waals surface area contributed by atoms with E-state index in [0.717, 1.165) is 55.7 Å². The molecule has 2 aromatic heterocycles. The smallest absolute Gasteiger partial charge is 0.227 e. The summed E-state index contributed by atoms with van der Waals surface area (Å²) >= 11 is 0. The first-order chi connectivity index (χ1) is 22.3. The maximum atomic E-state index is 6.65. The van der Waals surface area contributed by atoms with Crippen LogP contribution >= 0.6 is 0 Å². The molecule has 212 valence electrons. The van der Waals surface area contributed by atoms with E-state index in [9.17, 15) is 0 Å². The fourth-order valence-corrected chi connectivity index (χ4v) is 6.36. The molecule has 0 bridgehead atoms. The lowest BCUT2D eigenvalue weighted by Gasteiger charge is -2.25. The Morgan fingerprint density at radius 1 is 0.467 bits per heavy atom. The number of benzene rings is 7. The molecule has 2 heterocycles. The van der Waals surface area contributed by atoms with Gasteiger partial charge in [0.2, 0.25) is 5.89 Å². The van der Waals surface area contributed by atoms with Crippen LogP contribution in [-0.4, -0.2) is 4.98 Å². The second-order valence-electron chi connectivity index (χ2n) is 11.2. The summed E-state index contributed by atoms with van der Waals surface area (Å²) < 4.78 is 12.9. The molecule has 0 spiro atoms. The van der Waals surface area contributed by atoms with Gasteiger partial charge in [-0.05, 0) is 70.4 Å². The summed E-state index contributed by atoms with van der Waals surface area (Å²) in [7, 11) is 0. The largest absolute Gasteiger partial charge is 0.454 e. The van der Waals surface area contributed by atoms with Crippen molar-refractivity contribution >= 4 is 60.9 Å². The molecule has 9 rings (SSSR count). The van der Waals surface area contributed by atoms with Crippen molar-refractivity contribution in [1.29, 1.82) is 0 Å². The Morgan fingerprint density at radius 3 is 2.00 bits per heavy atom. The molecule has 0 fully saturated rings. The third-order valence-corrected chi connectivity index (χ3v) is 8.49. The van der Waals surface area contributed by atoms with Crippen molar-refractivity contribution in [3.8, 4) is 22.6 Å². The lowest BCUT2D eigenvalue weighted by Crippen LogP contribution is -2.10. The first-order valence-corrected chi connectivity index (χ1v) is 15.0. The first-order valence-electron chi connectivity index (χ1n) is 15.0. The van der Waals surface area contributed by atoms with Crippen LogP contribution < -0.4 is 4.90 Å². The first kappa shape index (κ1) is 25.4. The van der Waals surface area contributed by atoms with Crippen LogP contribution in [0.4, 0.5) is 17.1 Å². The van der Waals surface area contributed by atoms with Crippen molar-refractivity contribution < 1.29 is 8.83 Å². The average Bonchev–Trinajstić information content (AvgIpc) is 3.69. The van der Waals surface area contributed by atoms with Crippen LogP contribution in [0.2, 0.25) is 0 Å². The molecular weight excluding hydrogens is 552 g/mol. The molecule has 0 radical (unpaired) electrons. The van der Waals surface area contributed by atoms with Crippen molar-refractivity contribution in [3.63, 3.8) is 0 Å². The molecule has 4 heteroatoms. The molecule has 0 saturated heterocycles. The molecule has 0 aliphatic rings. The van der Waals surface area contributed by atoms with E-state index >= 15 is 0 Å². The van der Waals surface area contributed by atoms with Crippen molar-refractivity contribution in [2.24, 2.45) is 0 Å². The molecule has 7 aromatic carbocycles. The maximum absolute atomic E-state index is 6.65. The van der Waals surface area contributed by atoms with E-state index in [1.165, 1.54) is 21.9 Å². The number of fused-ring (bicyclic) bond motifs is 5. The number of rotatable bonds is 5. The van der Waals surface area contributed by atoms with Crippen LogP contribution in [0, 0.1) is 0 Å². The van der Waals surface area contributed by atoms with Gasteiger partial charge in [0.05, 0.1) is 5.69 Å². The molecule has 0 atom stereocenters. The molecule has 4 nitrogen and oxygen atoms in total. The number of aromatic nitrogens is 1. The second kappa shape index (κ2) is 10.2. The summed E-state index contributed by atoms with van der Waals surface area (Å²) in [5, 5.41) is 4.50. The van der Waals surface area contributed by atoms with Gasteiger partial charge < -0.3 is 13.7 Å². The number of oxazole rings is 1. The second-order valence-corrected chi connectivity index (χ2v) is 11.2. The summed E-state index contributed by atoms with van der Waals surface area (Å²) in [6, 6.07) is 54.5. The van der Waals surface area contributed by atoms with Crippen LogP contribution in [0.3, 0.4) is 0 Å². The monoisotopic (exact) mass is 578 g/mol. The van der Waals surface area contributed by atoms with Gasteiger partial charge in [-0.3, -0.25) is 0 Å². The molecule has 0 saturated carbocycles. The normalized spacial score (nSPS) is 11.6. The predicted octanol–water partition coefficient (Wildman–Crippen LogP) is 11.7. The fourth-order valence-electron chi connectivity index (χ4n) is 6.36. The third kappa shape index (κ3) is 4.27. The van der Waals surface area contributed by atoms with Gasteiger partial charge in [0.15, 0.2) is 11.2 Å². The zero-order chi connectivity index (χ0) is 29.7. The standard InChI is InChI=1S/C41H26N2O2/c1-3-12-29(13-4-1)41-42-36-26-38-35(25-39(36)45-41)34-19-10-20-37(40(34)44-38)43(30-15-5-2-6-16-30)31-23-21-28(22-24-31)33-18-9-14-27-11-7-8-17-32(27)33/h1-26H. The van der Waals surface area contributed by atoms with E-state index in [2.05, 4.69) is 114 Å². The summed E-state index contributed by atoms with van der Waals surface area (Å²) in [5.41, 5.74) is 9.48. The van der Waals surface area contributed by atoms with Crippen molar-refractivity contribution in [2.45, 2.75) is 0 Å². The van der Waals surface area contributed by atoms with Crippen LogP contribution in [0.25, 0.3) is 66.4 Å². The number of anilines is 3. The van der Waals surface area contributed by atoms with E-state index in [1.807, 2.05) is 48.5 Å². The lowest BCUT2D eigenvalue weighted by atomic mass is 9.98. The van der Waals surface area contributed by atoms with E-state index in [1.54, 1.807) is 0 Å². The highest BCUT2D eigenvalue weighted by molar-refractivity contribution is 6.13. The quantitative estimate of drug-likeness (QED) is 0.204. The Balaban J connectivity index is 1.18. The average molecular weight is 579 g/mol. The lowest BCUT2D eigenvalue weighted by molar-refractivity contribution is 0.620. The van der Waals surface area contributed by atoms with Crippen LogP contribution in [0.5, 0.6) is 0 Å². The van der Waals surface area contributed by atoms with Gasteiger partial charge >= 0.3 is 0 Å². The summed E-state index contributed by atoms with van der Waals surface area (Å²) in [4.78, 5) is 7.03. The minimum atomic E-state index is 0.602. The third-order valence-electron chi connectivity index (χ3n) is 8.49. The zero-order valence-corrected chi connectivity index (χ0v) is 24.2. The van der Waals surface area contributed by atoms with Gasteiger partial charge in [-0.15, -0.1) is 0 Å². The number of hydrogen-bond donors (Lipinski definition) is 0. The Hall–Kier alpha value is -6.13. The molecule has 0 N–H and O–H groups in total. The highest BCUT2D eigenvalue weighted by atomic mass is 16.4. The van der Waals surface area contributed by atoms with E-state index in [0.29, 0.717) is 5.89 Å². The predicted molar refractivity (Wildman–Crippen MR) is 184 cm³/mol. The van der Waals surface area contributed by atoms with Gasteiger partial charge in [0.25, 0.3) is 0 Å². The zero-order valence-electron chi connectivity index (χ0n) is 24.2. The number of nitrogens with zero attached hydrogens (tertiary/aromatic N) is 2. The number of hydrogen-bond acceptors (Lipinski definition) is 4. The maximum Gasteiger partial charge on any atom is 0.227 e. The van der Waals surface area contributed by atoms with Gasteiger partial charge in [-0.1, -0.05) is 103 Å². The molecular formula is C41H26N2O2. The van der Waals surface area contributed by atoms with Crippen LogP contribution in [-0.2, 0) is 0 Å². The number of furan rings is 1. The summed E-state index contributed by atoms with van der Waals surface area (Å²) in [5.74, 6) is 0.602. The Morgan fingerprint density at radius 2 is 1.16 bits per heavy atom. The molecule has 0 aliphatic carbocycles. The number of para-hydroxylation sites is 2. The molecule has 0 aliphatic heterocycles. The summed E-state index contributed by atoms with van der Waals surface area (Å²) in [6.45, 7) is 0. The van der Waals surface area contributed by atoms with E-state index in [-0.39, 0.29) is 0 Å². The summed E-state index contributed by atoms with van der Waals surface area (Å²) in [6.07, 6.45) is 0. The fraction of sp³-hybridized carbons (Fsp3) is 0. The molecule has 0 unspecified atom stereocenters. The van der Waals surface area contributed by atoms with Gasteiger partial charge in [0, 0.05) is 33.8 Å². The molecule has 0 amide bonds. The van der Waals surface area contributed by atoms with E-state index in [4.69, 9.17) is 13.8 Å². The molecule has 9 aromatic rings. The Bertz CT molecular complexity index is 2470. The van der Waals surface area contributed by atoms with Gasteiger partial charge in [-0.25, -0.2) is 4.98 Å². The van der Waals surface area contributed by atoms with Gasteiger partial charge in [-0.2, -0.15) is 0 Å². The Kier molecular flexibility index (Phi) is 5.78. The minimum absolute atomic E-state index is 0.602. The highest BCUT2D eigenvalue weighted by Gasteiger charge is 2.20. The Labute approximate surface area is 259 Å². The van der Waals surface area contributed by atoms with Crippen LogP contribution in [0.1, 0.15) is 0 Å². The highest BCUT2D eigenvalue weighted by Crippen LogP contribution is 2.43. The van der Waals surface area contributed by atoms with Crippen molar-refractivity contribution in [1.82, 2.24) is 4.98 Å². The van der Waals surface area contributed by atoms with Crippen molar-refractivity contribution in [2.75, 3.05) is 4.90 Å². The van der Waals surface area contributed by atoms with Gasteiger partial charge in [0.1, 0.15) is 11.1 Å². The van der Waals surface area contributed by atoms with Crippen LogP contribution in [0.15, 0.2) is 167 Å². The topological polar surface area (TPSA) is 42.4 Å². The SMILES string of the molecule is c1ccc(-c2nc3cc4oc5c(N(c6ccccc6)c6ccc(-c7cccc8ccccc78)cc6)cccc5c4cc3o2)cc1. The van der Waals surface area contributed by atoms with Crippen molar-refractivity contribution in [3.05, 3.63) is 158 Å².